The van der Waals surface area contributed by atoms with Gasteiger partial charge < -0.3 is 0 Å². The van der Waals surface area contributed by atoms with Crippen molar-refractivity contribution in [2.45, 2.75) is 31.8 Å². The van der Waals surface area contributed by atoms with Gasteiger partial charge in [0.2, 0.25) is 0 Å². The quantitative estimate of drug-likeness (QED) is 0.805. The molecule has 1 aromatic carbocycles. The fraction of sp³-hybridized carbons (Fsp3) is 0.462. The molecule has 16 heavy (non-hydrogen) atoms. The van der Waals surface area contributed by atoms with Crippen molar-refractivity contribution in [3.63, 3.8) is 0 Å². The predicted molar refractivity (Wildman–Crippen MR) is 67.3 cm³/mol. The van der Waals surface area contributed by atoms with Gasteiger partial charge in [-0.2, -0.15) is 5.26 Å². The minimum Gasteiger partial charge on any atom is -0.259 e. The highest BCUT2D eigenvalue weighted by molar-refractivity contribution is 7.84. The first-order valence-electron chi connectivity index (χ1n) is 5.41. The third-order valence-electron chi connectivity index (χ3n) is 2.79. The minimum atomic E-state index is -0.909. The van der Waals surface area contributed by atoms with E-state index in [1.54, 1.807) is 6.07 Å². The van der Waals surface area contributed by atoms with Crippen LogP contribution < -0.4 is 0 Å². The van der Waals surface area contributed by atoms with Gasteiger partial charge in [0.1, 0.15) is 0 Å². The number of nitrogens with zero attached hydrogens (tertiary/aromatic N) is 1. The smallest absolute Gasteiger partial charge is 0.0994 e. The van der Waals surface area contributed by atoms with Crippen LogP contribution in [0.5, 0.6) is 0 Å². The maximum atomic E-state index is 12.0. The number of rotatable bonds is 4. The van der Waals surface area contributed by atoms with E-state index in [0.717, 1.165) is 5.56 Å². The first-order valence-corrected chi connectivity index (χ1v) is 6.79. The van der Waals surface area contributed by atoms with E-state index >= 15 is 0 Å². The summed E-state index contributed by atoms with van der Waals surface area (Å²) in [5.74, 6) is 0.874. The summed E-state index contributed by atoms with van der Waals surface area (Å²) in [5.41, 5.74) is 1.52. The minimum absolute atomic E-state index is 0.159. The van der Waals surface area contributed by atoms with Gasteiger partial charge in [-0.05, 0) is 17.5 Å². The van der Waals surface area contributed by atoms with Crippen molar-refractivity contribution >= 4 is 10.8 Å². The Kier molecular flexibility index (Phi) is 4.70. The molecule has 86 valence electrons. The van der Waals surface area contributed by atoms with Crippen molar-refractivity contribution in [1.29, 1.82) is 5.26 Å². The monoisotopic (exact) mass is 235 g/mol. The van der Waals surface area contributed by atoms with Crippen LogP contribution >= 0.6 is 0 Å². The highest BCUT2D eigenvalue weighted by Gasteiger charge is 2.16. The average molecular weight is 235 g/mol. The maximum Gasteiger partial charge on any atom is 0.0994 e. The van der Waals surface area contributed by atoms with Crippen molar-refractivity contribution in [2.75, 3.05) is 0 Å². The van der Waals surface area contributed by atoms with Gasteiger partial charge >= 0.3 is 0 Å². The molecule has 0 aliphatic carbocycles. The number of benzene rings is 1. The number of nitriles is 1. The van der Waals surface area contributed by atoms with Crippen molar-refractivity contribution in [3.8, 4) is 6.07 Å². The van der Waals surface area contributed by atoms with Gasteiger partial charge in [0.25, 0.3) is 0 Å². The molecule has 0 N–H and O–H groups in total. The molecule has 2 unspecified atom stereocenters. The Bertz CT molecular complexity index is 420. The molecule has 0 saturated carbocycles. The molecule has 0 saturated heterocycles. The molecule has 1 aromatic rings. The van der Waals surface area contributed by atoms with Crippen LogP contribution in [0.3, 0.4) is 0 Å². The highest BCUT2D eigenvalue weighted by atomic mass is 32.2. The molecular weight excluding hydrogens is 218 g/mol. The van der Waals surface area contributed by atoms with Crippen molar-refractivity contribution < 1.29 is 4.21 Å². The lowest BCUT2D eigenvalue weighted by atomic mass is 10.1. The van der Waals surface area contributed by atoms with E-state index in [1.807, 2.05) is 25.1 Å². The van der Waals surface area contributed by atoms with Crippen molar-refractivity contribution in [3.05, 3.63) is 35.4 Å². The summed E-state index contributed by atoms with van der Waals surface area (Å²) in [6.07, 6.45) is 0. The summed E-state index contributed by atoms with van der Waals surface area (Å²) in [6.45, 7) is 6.13. The Morgan fingerprint density at radius 1 is 1.31 bits per heavy atom. The molecular formula is C13H17NOS. The fourth-order valence-corrected chi connectivity index (χ4v) is 2.77. The lowest BCUT2D eigenvalue weighted by Gasteiger charge is -2.15. The normalized spacial score (nSPS) is 14.4. The summed E-state index contributed by atoms with van der Waals surface area (Å²) in [6, 6.07) is 9.50. The van der Waals surface area contributed by atoms with E-state index in [0.29, 0.717) is 17.2 Å². The fourth-order valence-electron chi connectivity index (χ4n) is 1.34. The second-order valence-electron chi connectivity index (χ2n) is 4.24. The first-order chi connectivity index (χ1) is 7.56. The Morgan fingerprint density at radius 2 is 1.94 bits per heavy atom. The third-order valence-corrected chi connectivity index (χ3v) is 4.76. The van der Waals surface area contributed by atoms with E-state index in [4.69, 9.17) is 5.26 Å². The van der Waals surface area contributed by atoms with Gasteiger partial charge in [0.15, 0.2) is 0 Å². The standard InChI is InChI=1S/C13H17NOS/c1-10(2)11(3)16(15)9-13-7-5-4-6-12(13)8-14/h4-7,10-11H,9H2,1-3H3. The summed E-state index contributed by atoms with van der Waals surface area (Å²) >= 11 is 0. The van der Waals surface area contributed by atoms with Crippen LogP contribution in [0.2, 0.25) is 0 Å². The van der Waals surface area contributed by atoms with Crippen LogP contribution in [0.1, 0.15) is 31.9 Å². The molecule has 1 rings (SSSR count). The molecule has 0 radical (unpaired) electrons. The molecule has 2 atom stereocenters. The predicted octanol–water partition coefficient (Wildman–Crippen LogP) is 2.85. The summed E-state index contributed by atoms with van der Waals surface area (Å²) < 4.78 is 12.0. The lowest BCUT2D eigenvalue weighted by molar-refractivity contribution is 0.605. The van der Waals surface area contributed by atoms with Gasteiger partial charge in [0.05, 0.1) is 17.4 Å². The second kappa shape index (κ2) is 5.81. The summed E-state index contributed by atoms with van der Waals surface area (Å²) in [4.78, 5) is 0. The lowest BCUT2D eigenvalue weighted by Crippen LogP contribution is -2.19. The molecule has 0 fully saturated rings. The van der Waals surface area contributed by atoms with E-state index in [9.17, 15) is 4.21 Å². The third kappa shape index (κ3) is 3.18. The molecule has 2 nitrogen and oxygen atoms in total. The van der Waals surface area contributed by atoms with E-state index < -0.39 is 10.8 Å². The molecule has 0 amide bonds. The van der Waals surface area contributed by atoms with Gasteiger partial charge in [-0.15, -0.1) is 0 Å². The van der Waals surface area contributed by atoms with Crippen LogP contribution in [-0.2, 0) is 16.6 Å². The van der Waals surface area contributed by atoms with Gasteiger partial charge in [0, 0.05) is 16.0 Å². The average Bonchev–Trinajstić information content (AvgIpc) is 2.28. The molecule has 0 aliphatic heterocycles. The number of hydrogen-bond donors (Lipinski definition) is 0. The van der Waals surface area contributed by atoms with Crippen LogP contribution in [0.25, 0.3) is 0 Å². The maximum absolute atomic E-state index is 12.0. The van der Waals surface area contributed by atoms with E-state index in [1.165, 1.54) is 0 Å². The topological polar surface area (TPSA) is 40.9 Å². The highest BCUT2D eigenvalue weighted by Crippen LogP contribution is 2.16. The van der Waals surface area contributed by atoms with Crippen LogP contribution in [-0.4, -0.2) is 9.46 Å². The number of hydrogen-bond acceptors (Lipinski definition) is 2. The Hall–Kier alpha value is -1.14. The van der Waals surface area contributed by atoms with E-state index in [2.05, 4.69) is 19.9 Å². The second-order valence-corrected chi connectivity index (χ2v) is 6.04. The van der Waals surface area contributed by atoms with Crippen LogP contribution in [0, 0.1) is 17.2 Å². The zero-order chi connectivity index (χ0) is 12.1. The molecule has 0 aliphatic rings. The van der Waals surface area contributed by atoms with Crippen LogP contribution in [0.4, 0.5) is 0 Å². The molecule has 0 bridgehead atoms. The SMILES string of the molecule is CC(C)C(C)S(=O)Cc1ccccc1C#N. The van der Waals surface area contributed by atoms with Crippen molar-refractivity contribution in [1.82, 2.24) is 0 Å². The molecule has 3 heteroatoms. The van der Waals surface area contributed by atoms with Gasteiger partial charge in [-0.1, -0.05) is 39.0 Å². The Morgan fingerprint density at radius 3 is 2.50 bits per heavy atom. The molecule has 0 aromatic heterocycles. The molecule has 0 heterocycles. The summed E-state index contributed by atoms with van der Waals surface area (Å²) in [7, 11) is -0.909. The summed E-state index contributed by atoms with van der Waals surface area (Å²) in [5, 5.41) is 9.09. The Labute approximate surface area is 99.8 Å². The van der Waals surface area contributed by atoms with Gasteiger partial charge in [-0.3, -0.25) is 4.21 Å². The van der Waals surface area contributed by atoms with E-state index in [-0.39, 0.29) is 5.25 Å². The van der Waals surface area contributed by atoms with Gasteiger partial charge in [-0.25, -0.2) is 0 Å². The largest absolute Gasteiger partial charge is 0.259 e. The zero-order valence-electron chi connectivity index (χ0n) is 9.93. The van der Waals surface area contributed by atoms with Crippen LogP contribution in [0.15, 0.2) is 24.3 Å². The first kappa shape index (κ1) is 12.9. The Balaban J connectivity index is 2.82. The van der Waals surface area contributed by atoms with Crippen molar-refractivity contribution in [2.24, 2.45) is 5.92 Å². The zero-order valence-corrected chi connectivity index (χ0v) is 10.8. The molecule has 0 spiro atoms.